The SMILES string of the molecule is COC(=O)CCN(C)C(=O)c1ccc(CNC(C)=O)cc1. The third-order valence-corrected chi connectivity index (χ3v) is 2.97. The van der Waals surface area contributed by atoms with E-state index >= 15 is 0 Å². The summed E-state index contributed by atoms with van der Waals surface area (Å²) >= 11 is 0. The molecule has 0 radical (unpaired) electrons. The topological polar surface area (TPSA) is 75.7 Å². The molecule has 2 amide bonds. The number of esters is 1. The van der Waals surface area contributed by atoms with Crippen LogP contribution >= 0.6 is 0 Å². The van der Waals surface area contributed by atoms with Crippen molar-refractivity contribution < 1.29 is 19.1 Å². The van der Waals surface area contributed by atoms with Crippen LogP contribution in [-0.4, -0.2) is 43.4 Å². The van der Waals surface area contributed by atoms with Crippen LogP contribution in [0.5, 0.6) is 0 Å². The molecule has 0 aromatic heterocycles. The van der Waals surface area contributed by atoms with Crippen molar-refractivity contribution in [2.24, 2.45) is 0 Å². The Balaban J connectivity index is 2.57. The lowest BCUT2D eigenvalue weighted by Crippen LogP contribution is -2.29. The summed E-state index contributed by atoms with van der Waals surface area (Å²) in [7, 11) is 2.95. The molecule has 0 aliphatic heterocycles. The molecule has 0 spiro atoms. The predicted molar refractivity (Wildman–Crippen MR) is 77.6 cm³/mol. The van der Waals surface area contributed by atoms with Crippen molar-refractivity contribution in [2.45, 2.75) is 19.9 Å². The molecule has 6 nitrogen and oxygen atoms in total. The lowest BCUT2D eigenvalue weighted by Gasteiger charge is -2.16. The zero-order valence-corrected chi connectivity index (χ0v) is 12.5. The van der Waals surface area contributed by atoms with Crippen LogP contribution < -0.4 is 5.32 Å². The molecule has 114 valence electrons. The minimum Gasteiger partial charge on any atom is -0.469 e. The van der Waals surface area contributed by atoms with Gasteiger partial charge in [-0.15, -0.1) is 0 Å². The van der Waals surface area contributed by atoms with Crippen molar-refractivity contribution in [1.29, 1.82) is 0 Å². The van der Waals surface area contributed by atoms with Crippen LogP contribution in [0.2, 0.25) is 0 Å². The summed E-state index contributed by atoms with van der Waals surface area (Å²) in [5.74, 6) is -0.608. The standard InChI is InChI=1S/C15H20N2O4/c1-11(18)16-10-12-4-6-13(7-5-12)15(20)17(2)9-8-14(19)21-3/h4-7H,8-10H2,1-3H3,(H,16,18). The Morgan fingerprint density at radius 1 is 1.19 bits per heavy atom. The largest absolute Gasteiger partial charge is 0.469 e. The summed E-state index contributed by atoms with van der Waals surface area (Å²) < 4.78 is 4.54. The van der Waals surface area contributed by atoms with Crippen LogP contribution in [0.15, 0.2) is 24.3 Å². The summed E-state index contributed by atoms with van der Waals surface area (Å²) in [4.78, 5) is 35.5. The summed E-state index contributed by atoms with van der Waals surface area (Å²) in [6.07, 6.45) is 0.166. The second-order valence-corrected chi connectivity index (χ2v) is 4.66. The van der Waals surface area contributed by atoms with Gasteiger partial charge in [0.1, 0.15) is 0 Å². The number of methoxy groups -OCH3 is 1. The lowest BCUT2D eigenvalue weighted by atomic mass is 10.1. The van der Waals surface area contributed by atoms with Gasteiger partial charge in [-0.3, -0.25) is 14.4 Å². The molecule has 0 aliphatic rings. The number of nitrogens with zero attached hydrogens (tertiary/aromatic N) is 1. The summed E-state index contributed by atoms with van der Waals surface area (Å²) in [5.41, 5.74) is 1.45. The maximum absolute atomic E-state index is 12.1. The molecule has 1 N–H and O–H groups in total. The van der Waals surface area contributed by atoms with E-state index in [-0.39, 0.29) is 24.2 Å². The molecular formula is C15H20N2O4. The highest BCUT2D eigenvalue weighted by Gasteiger charge is 2.13. The molecule has 0 atom stereocenters. The van der Waals surface area contributed by atoms with Crippen LogP contribution in [-0.2, 0) is 20.9 Å². The highest BCUT2D eigenvalue weighted by Crippen LogP contribution is 2.07. The highest BCUT2D eigenvalue weighted by molar-refractivity contribution is 5.94. The summed E-state index contributed by atoms with van der Waals surface area (Å²) in [6.45, 7) is 2.19. The number of carbonyl (C=O) groups is 3. The van der Waals surface area contributed by atoms with Gasteiger partial charge < -0.3 is 15.0 Å². The first-order valence-electron chi connectivity index (χ1n) is 6.59. The molecule has 1 rings (SSSR count). The Morgan fingerprint density at radius 2 is 1.81 bits per heavy atom. The zero-order valence-electron chi connectivity index (χ0n) is 12.5. The van der Waals surface area contributed by atoms with Crippen LogP contribution in [0.1, 0.15) is 29.3 Å². The molecule has 6 heteroatoms. The summed E-state index contributed by atoms with van der Waals surface area (Å²) in [5, 5.41) is 2.69. The maximum atomic E-state index is 12.1. The molecule has 0 heterocycles. The van der Waals surface area contributed by atoms with E-state index in [1.54, 1.807) is 31.3 Å². The number of hydrogen-bond donors (Lipinski definition) is 1. The van der Waals surface area contributed by atoms with E-state index in [0.29, 0.717) is 18.7 Å². The lowest BCUT2D eigenvalue weighted by molar-refractivity contribution is -0.140. The normalized spacial score (nSPS) is 9.86. The molecule has 0 saturated carbocycles. The fourth-order valence-corrected chi connectivity index (χ4v) is 1.67. The molecule has 0 fully saturated rings. The molecule has 21 heavy (non-hydrogen) atoms. The molecule has 0 aliphatic carbocycles. The van der Waals surface area contributed by atoms with E-state index in [1.165, 1.54) is 18.9 Å². The van der Waals surface area contributed by atoms with Gasteiger partial charge in [0.2, 0.25) is 5.91 Å². The van der Waals surface area contributed by atoms with Crippen molar-refractivity contribution in [3.8, 4) is 0 Å². The Kier molecular flexibility index (Phi) is 6.39. The average molecular weight is 292 g/mol. The van der Waals surface area contributed by atoms with Crippen molar-refractivity contribution in [2.75, 3.05) is 20.7 Å². The predicted octanol–water partition coefficient (Wildman–Crippen LogP) is 0.958. The van der Waals surface area contributed by atoms with Crippen LogP contribution in [0.25, 0.3) is 0 Å². The fraction of sp³-hybridized carbons (Fsp3) is 0.400. The Hall–Kier alpha value is -2.37. The third kappa shape index (κ3) is 5.64. The van der Waals surface area contributed by atoms with Crippen molar-refractivity contribution >= 4 is 17.8 Å². The first kappa shape index (κ1) is 16.7. The number of nitrogens with one attached hydrogen (secondary N) is 1. The maximum Gasteiger partial charge on any atom is 0.307 e. The number of rotatable bonds is 6. The van der Waals surface area contributed by atoms with Crippen molar-refractivity contribution in [3.05, 3.63) is 35.4 Å². The first-order valence-corrected chi connectivity index (χ1v) is 6.59. The van der Waals surface area contributed by atoms with Gasteiger partial charge in [0.25, 0.3) is 5.91 Å². The number of carbonyl (C=O) groups excluding carboxylic acids is 3. The number of benzene rings is 1. The van der Waals surface area contributed by atoms with Gasteiger partial charge in [-0.05, 0) is 17.7 Å². The smallest absolute Gasteiger partial charge is 0.307 e. The first-order chi connectivity index (χ1) is 9.93. The minimum atomic E-state index is -0.347. The van der Waals surface area contributed by atoms with Gasteiger partial charge in [-0.1, -0.05) is 12.1 Å². The van der Waals surface area contributed by atoms with Crippen molar-refractivity contribution in [3.63, 3.8) is 0 Å². The van der Waals surface area contributed by atoms with Gasteiger partial charge in [0, 0.05) is 32.6 Å². The molecule has 0 unspecified atom stereocenters. The van der Waals surface area contributed by atoms with Crippen molar-refractivity contribution in [1.82, 2.24) is 10.2 Å². The second-order valence-electron chi connectivity index (χ2n) is 4.66. The number of amides is 2. The van der Waals surface area contributed by atoms with Gasteiger partial charge in [-0.25, -0.2) is 0 Å². The molecule has 1 aromatic carbocycles. The zero-order chi connectivity index (χ0) is 15.8. The fourth-order valence-electron chi connectivity index (χ4n) is 1.67. The van der Waals surface area contributed by atoms with E-state index in [0.717, 1.165) is 5.56 Å². The van der Waals surface area contributed by atoms with Crippen LogP contribution in [0.3, 0.4) is 0 Å². The van der Waals surface area contributed by atoms with Crippen LogP contribution in [0.4, 0.5) is 0 Å². The quantitative estimate of drug-likeness (QED) is 0.792. The highest BCUT2D eigenvalue weighted by atomic mass is 16.5. The van der Waals surface area contributed by atoms with Gasteiger partial charge in [-0.2, -0.15) is 0 Å². The molecular weight excluding hydrogens is 272 g/mol. The second kappa shape index (κ2) is 8.04. The number of hydrogen-bond acceptors (Lipinski definition) is 4. The van der Waals surface area contributed by atoms with E-state index in [4.69, 9.17) is 0 Å². The summed E-state index contributed by atoms with van der Waals surface area (Å²) in [6, 6.07) is 6.98. The van der Waals surface area contributed by atoms with E-state index in [2.05, 4.69) is 10.1 Å². The Bertz CT molecular complexity index is 511. The molecule has 0 saturated heterocycles. The third-order valence-electron chi connectivity index (χ3n) is 2.97. The average Bonchev–Trinajstić information content (AvgIpc) is 2.49. The van der Waals surface area contributed by atoms with Gasteiger partial charge in [0.05, 0.1) is 13.5 Å². The molecule has 1 aromatic rings. The minimum absolute atomic E-state index is 0.0994. The monoisotopic (exact) mass is 292 g/mol. The van der Waals surface area contributed by atoms with E-state index in [1.807, 2.05) is 0 Å². The van der Waals surface area contributed by atoms with Gasteiger partial charge in [0.15, 0.2) is 0 Å². The molecule has 0 bridgehead atoms. The Labute approximate surface area is 124 Å². The van der Waals surface area contributed by atoms with Crippen LogP contribution in [0, 0.1) is 0 Å². The van der Waals surface area contributed by atoms with E-state index < -0.39 is 0 Å². The van der Waals surface area contributed by atoms with E-state index in [9.17, 15) is 14.4 Å². The number of ether oxygens (including phenoxy) is 1. The van der Waals surface area contributed by atoms with Gasteiger partial charge >= 0.3 is 5.97 Å². The Morgan fingerprint density at radius 3 is 2.33 bits per heavy atom.